The van der Waals surface area contributed by atoms with Crippen LogP contribution in [-0.2, 0) is 9.59 Å². The van der Waals surface area contributed by atoms with Gasteiger partial charge in [-0.25, -0.2) is 9.59 Å². The van der Waals surface area contributed by atoms with E-state index in [0.717, 1.165) is 11.1 Å². The van der Waals surface area contributed by atoms with Gasteiger partial charge in [0, 0.05) is 0 Å². The second kappa shape index (κ2) is 8.81. The van der Waals surface area contributed by atoms with Crippen molar-refractivity contribution in [2.45, 2.75) is 26.1 Å². The number of aryl methyl sites for hydroxylation is 2. The Bertz CT molecular complexity index is 614. The monoisotopic (exact) mass is 332 g/mol. The lowest BCUT2D eigenvalue weighted by molar-refractivity contribution is -0.147. The summed E-state index contributed by atoms with van der Waals surface area (Å²) in [5.74, 6) is -2.45. The smallest absolute Gasteiger partial charge is 0.337 e. The van der Waals surface area contributed by atoms with Crippen LogP contribution in [0, 0.1) is 13.8 Å². The average molecular weight is 332 g/mol. The molecule has 0 aliphatic carbocycles. The van der Waals surface area contributed by atoms with E-state index in [9.17, 15) is 9.59 Å². The normalized spacial score (nSPS) is 12.5. The van der Waals surface area contributed by atoms with Crippen molar-refractivity contribution in [3.05, 3.63) is 70.8 Å². The van der Waals surface area contributed by atoms with Crippen LogP contribution >= 0.6 is 0 Å². The highest BCUT2D eigenvalue weighted by molar-refractivity contribution is 5.74. The predicted molar refractivity (Wildman–Crippen MR) is 87.5 cm³/mol. The molecule has 2 aromatic rings. The van der Waals surface area contributed by atoms with Crippen LogP contribution in [0.5, 0.6) is 0 Å². The Balaban J connectivity index is 0.000000240. The zero-order chi connectivity index (χ0) is 18.3. The standard InChI is InChI=1S/2C9H10O3/c2*1-6-2-4-7(5-3-6)8(10)9(11)12/h2*2-5,8,10H,1H3,(H,11,12). The summed E-state index contributed by atoms with van der Waals surface area (Å²) in [4.78, 5) is 20.7. The molecule has 2 atom stereocenters. The fourth-order valence-electron chi connectivity index (χ4n) is 1.78. The summed E-state index contributed by atoms with van der Waals surface area (Å²) >= 11 is 0. The first-order valence-electron chi connectivity index (χ1n) is 7.17. The van der Waals surface area contributed by atoms with Crippen LogP contribution in [0.2, 0.25) is 0 Å². The SMILES string of the molecule is Cc1ccc(C(O)C(=O)O)cc1.Cc1ccc(C(O)C(=O)O)cc1. The maximum Gasteiger partial charge on any atom is 0.337 e. The molecule has 0 heterocycles. The number of aliphatic hydroxyl groups is 2. The average Bonchev–Trinajstić information content (AvgIpc) is 2.55. The topological polar surface area (TPSA) is 115 Å². The van der Waals surface area contributed by atoms with Gasteiger partial charge in [-0.15, -0.1) is 0 Å². The lowest BCUT2D eigenvalue weighted by atomic mass is 10.1. The summed E-state index contributed by atoms with van der Waals surface area (Å²) in [6.07, 6.45) is -2.82. The van der Waals surface area contributed by atoms with E-state index in [0.29, 0.717) is 11.1 Å². The number of hydrogen-bond donors (Lipinski definition) is 4. The van der Waals surface area contributed by atoms with E-state index in [2.05, 4.69) is 0 Å². The largest absolute Gasteiger partial charge is 0.479 e. The summed E-state index contributed by atoms with van der Waals surface area (Å²) in [7, 11) is 0. The van der Waals surface area contributed by atoms with Gasteiger partial charge >= 0.3 is 11.9 Å². The van der Waals surface area contributed by atoms with Gasteiger partial charge < -0.3 is 20.4 Å². The molecule has 0 fully saturated rings. The highest BCUT2D eigenvalue weighted by Gasteiger charge is 2.15. The molecule has 0 aromatic heterocycles. The van der Waals surface area contributed by atoms with Crippen molar-refractivity contribution in [3.8, 4) is 0 Å². The highest BCUT2D eigenvalue weighted by Crippen LogP contribution is 2.13. The molecule has 0 aliphatic rings. The molecular weight excluding hydrogens is 312 g/mol. The maximum atomic E-state index is 10.3. The van der Waals surface area contributed by atoms with Gasteiger partial charge in [0.25, 0.3) is 0 Å². The Labute approximate surface area is 139 Å². The minimum absolute atomic E-state index is 0.410. The van der Waals surface area contributed by atoms with Crippen molar-refractivity contribution in [3.63, 3.8) is 0 Å². The van der Waals surface area contributed by atoms with Crippen LogP contribution in [-0.4, -0.2) is 32.4 Å². The first-order chi connectivity index (χ1) is 11.2. The molecule has 6 heteroatoms. The maximum absolute atomic E-state index is 10.3. The Morgan fingerprint density at radius 2 is 0.917 bits per heavy atom. The first kappa shape index (κ1) is 19.3. The number of carbonyl (C=O) groups is 2. The minimum Gasteiger partial charge on any atom is -0.479 e. The van der Waals surface area contributed by atoms with Crippen molar-refractivity contribution in [1.29, 1.82) is 0 Å². The molecule has 2 rings (SSSR count). The second-order valence-corrected chi connectivity index (χ2v) is 5.30. The van der Waals surface area contributed by atoms with E-state index >= 15 is 0 Å². The fraction of sp³-hybridized carbons (Fsp3) is 0.222. The van der Waals surface area contributed by atoms with E-state index in [-0.39, 0.29) is 0 Å². The Hall–Kier alpha value is -2.70. The first-order valence-corrected chi connectivity index (χ1v) is 7.17. The Morgan fingerprint density at radius 1 is 0.667 bits per heavy atom. The third-order valence-corrected chi connectivity index (χ3v) is 3.25. The van der Waals surface area contributed by atoms with Gasteiger partial charge in [0.1, 0.15) is 0 Å². The minimum atomic E-state index is -1.41. The third kappa shape index (κ3) is 5.83. The molecule has 0 radical (unpaired) electrons. The molecule has 6 nitrogen and oxygen atoms in total. The van der Waals surface area contributed by atoms with Gasteiger partial charge in [-0.2, -0.15) is 0 Å². The van der Waals surface area contributed by atoms with Crippen molar-refractivity contribution in [2.75, 3.05) is 0 Å². The number of rotatable bonds is 4. The van der Waals surface area contributed by atoms with Crippen LogP contribution in [0.4, 0.5) is 0 Å². The van der Waals surface area contributed by atoms with Gasteiger partial charge in [-0.1, -0.05) is 59.7 Å². The molecule has 128 valence electrons. The fourth-order valence-corrected chi connectivity index (χ4v) is 1.78. The molecule has 4 N–H and O–H groups in total. The van der Waals surface area contributed by atoms with Crippen LogP contribution in [0.25, 0.3) is 0 Å². The van der Waals surface area contributed by atoms with Crippen molar-refractivity contribution >= 4 is 11.9 Å². The van der Waals surface area contributed by atoms with Crippen LogP contribution in [0.3, 0.4) is 0 Å². The molecule has 0 saturated heterocycles. The molecule has 0 saturated carbocycles. The van der Waals surface area contributed by atoms with E-state index in [1.807, 2.05) is 13.8 Å². The number of carboxylic acids is 2. The Morgan fingerprint density at radius 3 is 1.12 bits per heavy atom. The molecule has 0 bridgehead atoms. The van der Waals surface area contributed by atoms with Gasteiger partial charge in [-0.3, -0.25) is 0 Å². The van der Waals surface area contributed by atoms with Crippen molar-refractivity contribution < 1.29 is 30.0 Å². The number of aliphatic carboxylic acids is 2. The second-order valence-electron chi connectivity index (χ2n) is 5.30. The lowest BCUT2D eigenvalue weighted by Gasteiger charge is -2.04. The van der Waals surface area contributed by atoms with Crippen molar-refractivity contribution in [2.24, 2.45) is 0 Å². The molecule has 0 amide bonds. The molecule has 2 unspecified atom stereocenters. The summed E-state index contributed by atoms with van der Waals surface area (Å²) in [6.45, 7) is 3.80. The Kier molecular flexibility index (Phi) is 7.10. The molecule has 0 aliphatic heterocycles. The van der Waals surface area contributed by atoms with E-state index in [1.165, 1.54) is 0 Å². The number of aliphatic hydroxyl groups excluding tert-OH is 2. The van der Waals surface area contributed by atoms with Gasteiger partial charge in [0.2, 0.25) is 0 Å². The van der Waals surface area contributed by atoms with Gasteiger partial charge in [-0.05, 0) is 25.0 Å². The van der Waals surface area contributed by atoms with E-state index < -0.39 is 24.1 Å². The molecular formula is C18H20O6. The zero-order valence-electron chi connectivity index (χ0n) is 13.4. The quantitative estimate of drug-likeness (QED) is 0.682. The zero-order valence-corrected chi connectivity index (χ0v) is 13.4. The third-order valence-electron chi connectivity index (χ3n) is 3.25. The number of benzene rings is 2. The number of carboxylic acid groups (broad SMARTS) is 2. The summed E-state index contributed by atoms with van der Waals surface area (Å²) in [5, 5.41) is 35.1. The van der Waals surface area contributed by atoms with E-state index in [1.54, 1.807) is 48.5 Å². The molecule has 24 heavy (non-hydrogen) atoms. The van der Waals surface area contributed by atoms with E-state index in [4.69, 9.17) is 20.4 Å². The van der Waals surface area contributed by atoms with Crippen LogP contribution < -0.4 is 0 Å². The summed E-state index contributed by atoms with van der Waals surface area (Å²) in [6, 6.07) is 13.5. The summed E-state index contributed by atoms with van der Waals surface area (Å²) in [5.41, 5.74) is 2.90. The van der Waals surface area contributed by atoms with Crippen LogP contribution in [0.15, 0.2) is 48.5 Å². The predicted octanol–water partition coefficient (Wildman–Crippen LogP) is 2.23. The summed E-state index contributed by atoms with van der Waals surface area (Å²) < 4.78 is 0. The van der Waals surface area contributed by atoms with Crippen molar-refractivity contribution in [1.82, 2.24) is 0 Å². The molecule has 2 aromatic carbocycles. The highest BCUT2D eigenvalue weighted by atomic mass is 16.4. The molecule has 0 spiro atoms. The van der Waals surface area contributed by atoms with Crippen LogP contribution in [0.1, 0.15) is 34.5 Å². The lowest BCUT2D eigenvalue weighted by Crippen LogP contribution is -2.09. The van der Waals surface area contributed by atoms with Gasteiger partial charge in [0.05, 0.1) is 0 Å². The van der Waals surface area contributed by atoms with Gasteiger partial charge in [0.15, 0.2) is 12.2 Å². The number of hydrogen-bond acceptors (Lipinski definition) is 4.